The maximum absolute atomic E-state index is 5.89. The summed E-state index contributed by atoms with van der Waals surface area (Å²) in [6.07, 6.45) is 1.06. The van der Waals surface area contributed by atoms with Crippen molar-refractivity contribution in [3.8, 4) is 0 Å². The molecule has 0 spiro atoms. The molecule has 3 N–H and O–H groups in total. The predicted molar refractivity (Wildman–Crippen MR) is 74.0 cm³/mol. The van der Waals surface area contributed by atoms with Crippen LogP contribution in [0.25, 0.3) is 0 Å². The van der Waals surface area contributed by atoms with Crippen molar-refractivity contribution in [1.29, 1.82) is 0 Å². The van der Waals surface area contributed by atoms with Crippen LogP contribution in [0.5, 0.6) is 0 Å². The van der Waals surface area contributed by atoms with Gasteiger partial charge in [-0.15, -0.1) is 0 Å². The van der Waals surface area contributed by atoms with E-state index in [2.05, 4.69) is 36.5 Å². The van der Waals surface area contributed by atoms with Gasteiger partial charge < -0.3 is 11.1 Å². The van der Waals surface area contributed by atoms with Gasteiger partial charge in [-0.1, -0.05) is 43.3 Å². The van der Waals surface area contributed by atoms with E-state index in [0.29, 0.717) is 0 Å². The largest absolute Gasteiger partial charge is 0.397 e. The third-order valence-electron chi connectivity index (χ3n) is 2.93. The Morgan fingerprint density at radius 3 is 2.29 bits per heavy atom. The molecule has 2 heteroatoms. The molecule has 0 aliphatic rings. The van der Waals surface area contributed by atoms with Crippen molar-refractivity contribution in [2.24, 2.45) is 0 Å². The van der Waals surface area contributed by atoms with E-state index in [-0.39, 0.29) is 0 Å². The molecule has 0 aromatic heterocycles. The summed E-state index contributed by atoms with van der Waals surface area (Å²) in [5, 5.41) is 3.38. The van der Waals surface area contributed by atoms with Crippen LogP contribution < -0.4 is 11.1 Å². The molecule has 0 radical (unpaired) electrons. The van der Waals surface area contributed by atoms with Gasteiger partial charge in [-0.2, -0.15) is 0 Å². The maximum Gasteiger partial charge on any atom is 0.0576 e. The smallest absolute Gasteiger partial charge is 0.0576 e. The Labute approximate surface area is 102 Å². The third kappa shape index (κ3) is 2.78. The highest BCUT2D eigenvalue weighted by molar-refractivity contribution is 5.65. The molecule has 2 nitrogen and oxygen atoms in total. The molecule has 2 aromatic carbocycles. The summed E-state index contributed by atoms with van der Waals surface area (Å²) in [6, 6.07) is 16.3. The van der Waals surface area contributed by atoms with Crippen molar-refractivity contribution < 1.29 is 0 Å². The molecule has 0 aliphatic heterocycles. The fourth-order valence-electron chi connectivity index (χ4n) is 1.92. The number of nitrogen functional groups attached to an aromatic ring is 1. The molecule has 0 amide bonds. The van der Waals surface area contributed by atoms with E-state index in [4.69, 9.17) is 5.73 Å². The minimum absolute atomic E-state index is 0.793. The average Bonchev–Trinajstić information content (AvgIpc) is 2.38. The monoisotopic (exact) mass is 226 g/mol. The van der Waals surface area contributed by atoms with Crippen LogP contribution in [0.15, 0.2) is 48.5 Å². The first-order chi connectivity index (χ1) is 8.31. The Morgan fingerprint density at radius 1 is 0.941 bits per heavy atom. The Morgan fingerprint density at radius 2 is 1.59 bits per heavy atom. The lowest BCUT2D eigenvalue weighted by Crippen LogP contribution is -2.04. The maximum atomic E-state index is 5.89. The molecule has 2 aromatic rings. The van der Waals surface area contributed by atoms with E-state index < -0.39 is 0 Å². The molecule has 0 bridgehead atoms. The highest BCUT2D eigenvalue weighted by Crippen LogP contribution is 2.18. The van der Waals surface area contributed by atoms with Crippen LogP contribution in [0, 0.1) is 0 Å². The number of para-hydroxylation sites is 2. The number of nitrogens with two attached hydrogens (primary N) is 1. The number of hydrogen-bond acceptors (Lipinski definition) is 2. The molecule has 88 valence electrons. The van der Waals surface area contributed by atoms with Gasteiger partial charge in [0.2, 0.25) is 0 Å². The van der Waals surface area contributed by atoms with Gasteiger partial charge >= 0.3 is 0 Å². The van der Waals surface area contributed by atoms with Crippen molar-refractivity contribution in [3.63, 3.8) is 0 Å². The molecular weight excluding hydrogens is 208 g/mol. The Balaban J connectivity index is 2.10. The lowest BCUT2D eigenvalue weighted by atomic mass is 10.1. The molecular formula is C15H18N2. The molecule has 0 fully saturated rings. The lowest BCUT2D eigenvalue weighted by Gasteiger charge is -2.11. The molecule has 2 rings (SSSR count). The summed E-state index contributed by atoms with van der Waals surface area (Å²) in [7, 11) is 0. The van der Waals surface area contributed by atoms with Gasteiger partial charge in [-0.05, 0) is 29.7 Å². The van der Waals surface area contributed by atoms with Crippen LogP contribution in [0.1, 0.15) is 18.1 Å². The SMILES string of the molecule is CCc1ccccc1CNc1ccccc1N. The van der Waals surface area contributed by atoms with Crippen LogP contribution >= 0.6 is 0 Å². The number of hydrogen-bond donors (Lipinski definition) is 2. The van der Waals surface area contributed by atoms with Crippen molar-refractivity contribution in [3.05, 3.63) is 59.7 Å². The Hall–Kier alpha value is -1.96. The standard InChI is InChI=1S/C15H18N2/c1-2-12-7-3-4-8-13(12)11-17-15-10-6-5-9-14(15)16/h3-10,17H,2,11,16H2,1H3. The van der Waals surface area contributed by atoms with E-state index in [0.717, 1.165) is 24.3 Å². The first-order valence-electron chi connectivity index (χ1n) is 5.96. The normalized spacial score (nSPS) is 10.2. The van der Waals surface area contributed by atoms with Gasteiger partial charge in [-0.3, -0.25) is 0 Å². The minimum Gasteiger partial charge on any atom is -0.397 e. The van der Waals surface area contributed by atoms with Crippen LogP contribution in [0.4, 0.5) is 11.4 Å². The molecule has 0 saturated carbocycles. The van der Waals surface area contributed by atoms with Crippen molar-refractivity contribution >= 4 is 11.4 Å². The van der Waals surface area contributed by atoms with Crippen LogP contribution in [0.2, 0.25) is 0 Å². The van der Waals surface area contributed by atoms with Gasteiger partial charge in [0.15, 0.2) is 0 Å². The second kappa shape index (κ2) is 5.39. The fraction of sp³-hybridized carbons (Fsp3) is 0.200. The van der Waals surface area contributed by atoms with E-state index in [1.54, 1.807) is 0 Å². The quantitative estimate of drug-likeness (QED) is 0.784. The lowest BCUT2D eigenvalue weighted by molar-refractivity contribution is 1.04. The zero-order valence-electron chi connectivity index (χ0n) is 10.1. The fourth-order valence-corrected chi connectivity index (χ4v) is 1.92. The number of benzene rings is 2. The molecule has 0 aliphatic carbocycles. The predicted octanol–water partition coefficient (Wildman–Crippen LogP) is 3.44. The second-order valence-electron chi connectivity index (χ2n) is 4.06. The molecule has 0 unspecified atom stereocenters. The second-order valence-corrected chi connectivity index (χ2v) is 4.06. The van der Waals surface area contributed by atoms with Gasteiger partial charge in [0.1, 0.15) is 0 Å². The summed E-state index contributed by atoms with van der Waals surface area (Å²) in [6.45, 7) is 2.99. The summed E-state index contributed by atoms with van der Waals surface area (Å²) in [4.78, 5) is 0. The average molecular weight is 226 g/mol. The Kier molecular flexibility index (Phi) is 3.66. The molecule has 0 saturated heterocycles. The van der Waals surface area contributed by atoms with Crippen molar-refractivity contribution in [2.75, 3.05) is 11.1 Å². The van der Waals surface area contributed by atoms with Crippen LogP contribution in [-0.4, -0.2) is 0 Å². The zero-order valence-corrected chi connectivity index (χ0v) is 10.1. The van der Waals surface area contributed by atoms with E-state index >= 15 is 0 Å². The molecule has 0 atom stereocenters. The van der Waals surface area contributed by atoms with Gasteiger partial charge in [0.05, 0.1) is 11.4 Å². The number of aryl methyl sites for hydroxylation is 1. The minimum atomic E-state index is 0.793. The van der Waals surface area contributed by atoms with Gasteiger partial charge in [0.25, 0.3) is 0 Å². The highest BCUT2D eigenvalue weighted by atomic mass is 14.9. The van der Waals surface area contributed by atoms with Crippen LogP contribution in [0.3, 0.4) is 0 Å². The zero-order chi connectivity index (χ0) is 12.1. The first-order valence-corrected chi connectivity index (χ1v) is 5.96. The number of rotatable bonds is 4. The first kappa shape index (κ1) is 11.5. The van der Waals surface area contributed by atoms with Gasteiger partial charge in [-0.25, -0.2) is 0 Å². The van der Waals surface area contributed by atoms with E-state index in [1.165, 1.54) is 11.1 Å². The Bertz CT molecular complexity index is 492. The number of nitrogens with one attached hydrogen (secondary N) is 1. The van der Waals surface area contributed by atoms with Crippen LogP contribution in [-0.2, 0) is 13.0 Å². The topological polar surface area (TPSA) is 38.0 Å². The summed E-state index contributed by atoms with van der Waals surface area (Å²) in [5.74, 6) is 0. The van der Waals surface area contributed by atoms with Gasteiger partial charge in [0, 0.05) is 6.54 Å². The summed E-state index contributed by atoms with van der Waals surface area (Å²) in [5.41, 5.74) is 10.4. The third-order valence-corrected chi connectivity index (χ3v) is 2.93. The van der Waals surface area contributed by atoms with Crippen molar-refractivity contribution in [2.45, 2.75) is 19.9 Å². The molecule has 0 heterocycles. The number of anilines is 2. The van der Waals surface area contributed by atoms with E-state index in [1.807, 2.05) is 24.3 Å². The summed E-state index contributed by atoms with van der Waals surface area (Å²) >= 11 is 0. The van der Waals surface area contributed by atoms with E-state index in [9.17, 15) is 0 Å². The molecule has 17 heavy (non-hydrogen) atoms. The summed E-state index contributed by atoms with van der Waals surface area (Å²) < 4.78 is 0. The van der Waals surface area contributed by atoms with Crippen molar-refractivity contribution in [1.82, 2.24) is 0 Å². The highest BCUT2D eigenvalue weighted by Gasteiger charge is 2.01.